The molecule has 0 fully saturated rings. The monoisotopic (exact) mass is 290 g/mol. The predicted octanol–water partition coefficient (Wildman–Crippen LogP) is 3.09. The van der Waals surface area contributed by atoms with E-state index in [2.05, 4.69) is 10.6 Å². The van der Waals surface area contributed by atoms with Crippen molar-refractivity contribution in [2.45, 2.75) is 19.4 Å². The Labute approximate surface area is 122 Å². The van der Waals surface area contributed by atoms with Gasteiger partial charge in [0.2, 0.25) is 0 Å². The summed E-state index contributed by atoms with van der Waals surface area (Å²) in [6.07, 6.45) is 0. The molecule has 0 aliphatic rings. The first-order valence-corrected chi connectivity index (χ1v) is 7.28. The number of aliphatic hydroxyl groups is 1. The summed E-state index contributed by atoms with van der Waals surface area (Å²) in [4.78, 5) is 11.8. The van der Waals surface area contributed by atoms with Crippen molar-refractivity contribution in [2.75, 3.05) is 11.9 Å². The summed E-state index contributed by atoms with van der Waals surface area (Å²) in [7, 11) is 0. The molecule has 1 heterocycles. The lowest BCUT2D eigenvalue weighted by Crippen LogP contribution is -2.40. The number of hydrogen-bond donors (Lipinski definition) is 3. The Morgan fingerprint density at radius 1 is 1.30 bits per heavy atom. The lowest BCUT2D eigenvalue weighted by atomic mass is 9.99. The molecule has 0 spiro atoms. The van der Waals surface area contributed by atoms with Gasteiger partial charge >= 0.3 is 6.03 Å². The summed E-state index contributed by atoms with van der Waals surface area (Å²) in [6.45, 7) is 3.82. The second-order valence-electron chi connectivity index (χ2n) is 4.96. The highest BCUT2D eigenvalue weighted by molar-refractivity contribution is 7.08. The van der Waals surface area contributed by atoms with Crippen molar-refractivity contribution in [3.05, 3.63) is 52.2 Å². The minimum atomic E-state index is -1.06. The summed E-state index contributed by atoms with van der Waals surface area (Å²) in [5, 5.41) is 19.5. The molecule has 0 unspecified atom stereocenters. The summed E-state index contributed by atoms with van der Waals surface area (Å²) in [5.74, 6) is 0. The number of rotatable bonds is 4. The molecular weight excluding hydrogens is 272 g/mol. The SMILES string of the molecule is Cc1ccc(NC(=O)NC[C@@](C)(O)c2ccsc2)cc1. The van der Waals surface area contributed by atoms with Gasteiger partial charge in [0.15, 0.2) is 0 Å². The quantitative estimate of drug-likeness (QED) is 0.810. The highest BCUT2D eigenvalue weighted by Gasteiger charge is 2.24. The number of nitrogens with one attached hydrogen (secondary N) is 2. The first-order valence-electron chi connectivity index (χ1n) is 6.34. The van der Waals surface area contributed by atoms with Gasteiger partial charge in [-0.3, -0.25) is 0 Å². The van der Waals surface area contributed by atoms with E-state index in [1.54, 1.807) is 6.92 Å². The largest absolute Gasteiger partial charge is 0.384 e. The van der Waals surface area contributed by atoms with E-state index in [4.69, 9.17) is 0 Å². The van der Waals surface area contributed by atoms with Gasteiger partial charge in [0.1, 0.15) is 5.60 Å². The molecule has 1 atom stereocenters. The van der Waals surface area contributed by atoms with Gasteiger partial charge in [-0.25, -0.2) is 4.79 Å². The molecule has 1 aromatic heterocycles. The van der Waals surface area contributed by atoms with Crippen LogP contribution in [0.15, 0.2) is 41.1 Å². The molecule has 3 N–H and O–H groups in total. The number of thiophene rings is 1. The Hall–Kier alpha value is -1.85. The van der Waals surface area contributed by atoms with Crippen molar-refractivity contribution in [3.63, 3.8) is 0 Å². The number of anilines is 1. The van der Waals surface area contributed by atoms with Crippen LogP contribution in [-0.2, 0) is 5.60 Å². The van der Waals surface area contributed by atoms with Gasteiger partial charge in [-0.05, 0) is 48.4 Å². The lowest BCUT2D eigenvalue weighted by molar-refractivity contribution is 0.0604. The summed E-state index contributed by atoms with van der Waals surface area (Å²) in [6, 6.07) is 9.06. The first-order chi connectivity index (χ1) is 9.47. The molecule has 2 amide bonds. The maximum atomic E-state index is 11.8. The van der Waals surface area contributed by atoms with E-state index >= 15 is 0 Å². The Kier molecular flexibility index (Phi) is 4.42. The van der Waals surface area contributed by atoms with Crippen molar-refractivity contribution < 1.29 is 9.90 Å². The molecule has 5 heteroatoms. The van der Waals surface area contributed by atoms with Crippen molar-refractivity contribution in [1.82, 2.24) is 5.32 Å². The number of benzene rings is 1. The fourth-order valence-electron chi connectivity index (χ4n) is 1.74. The Morgan fingerprint density at radius 3 is 2.60 bits per heavy atom. The topological polar surface area (TPSA) is 61.4 Å². The minimum absolute atomic E-state index is 0.154. The van der Waals surface area contributed by atoms with Crippen LogP contribution in [-0.4, -0.2) is 17.7 Å². The first kappa shape index (κ1) is 14.6. The molecule has 2 aromatic rings. The van der Waals surface area contributed by atoms with E-state index in [0.717, 1.165) is 16.8 Å². The standard InChI is InChI=1S/C15H18N2O2S/c1-11-3-5-13(6-4-11)17-14(18)16-10-15(2,19)12-7-8-20-9-12/h3-9,19H,10H2,1-2H3,(H2,16,17,18)/t15-/m1/s1. The summed E-state index contributed by atoms with van der Waals surface area (Å²) in [5.41, 5.74) is 1.60. The van der Waals surface area contributed by atoms with Crippen LogP contribution in [0.25, 0.3) is 0 Å². The molecule has 20 heavy (non-hydrogen) atoms. The number of urea groups is 1. The molecular formula is C15H18N2O2S. The third-order valence-corrected chi connectivity index (χ3v) is 3.73. The van der Waals surface area contributed by atoms with Gasteiger partial charge in [-0.2, -0.15) is 11.3 Å². The van der Waals surface area contributed by atoms with Gasteiger partial charge in [-0.1, -0.05) is 17.7 Å². The van der Waals surface area contributed by atoms with E-state index in [9.17, 15) is 9.90 Å². The van der Waals surface area contributed by atoms with Crippen molar-refractivity contribution in [1.29, 1.82) is 0 Å². The average molecular weight is 290 g/mol. The molecule has 106 valence electrons. The van der Waals surface area contributed by atoms with Crippen LogP contribution in [0.5, 0.6) is 0 Å². The molecule has 4 nitrogen and oxygen atoms in total. The lowest BCUT2D eigenvalue weighted by Gasteiger charge is -2.22. The van der Waals surface area contributed by atoms with Gasteiger partial charge in [-0.15, -0.1) is 0 Å². The molecule has 0 aliphatic heterocycles. The van der Waals surface area contributed by atoms with Crippen LogP contribution < -0.4 is 10.6 Å². The van der Waals surface area contributed by atoms with Crippen LogP contribution in [0.2, 0.25) is 0 Å². The minimum Gasteiger partial charge on any atom is -0.384 e. The zero-order valence-corrected chi connectivity index (χ0v) is 12.3. The fourth-order valence-corrected chi connectivity index (χ4v) is 2.52. The van der Waals surface area contributed by atoms with Crippen molar-refractivity contribution in [2.24, 2.45) is 0 Å². The Balaban J connectivity index is 1.88. The fraction of sp³-hybridized carbons (Fsp3) is 0.267. The normalized spacial score (nSPS) is 13.6. The van der Waals surface area contributed by atoms with Gasteiger partial charge in [0.05, 0.1) is 6.54 Å². The second kappa shape index (κ2) is 6.07. The van der Waals surface area contributed by atoms with E-state index in [1.165, 1.54) is 11.3 Å². The molecule has 0 saturated heterocycles. The van der Waals surface area contributed by atoms with Crippen LogP contribution >= 0.6 is 11.3 Å². The summed E-state index contributed by atoms with van der Waals surface area (Å²) < 4.78 is 0. The van der Waals surface area contributed by atoms with Crippen LogP contribution in [0.1, 0.15) is 18.1 Å². The Morgan fingerprint density at radius 2 is 2.00 bits per heavy atom. The maximum Gasteiger partial charge on any atom is 0.319 e. The number of aryl methyl sites for hydroxylation is 1. The highest BCUT2D eigenvalue weighted by atomic mass is 32.1. The number of hydrogen-bond acceptors (Lipinski definition) is 3. The van der Waals surface area contributed by atoms with E-state index < -0.39 is 5.60 Å². The molecule has 0 saturated carbocycles. The van der Waals surface area contributed by atoms with Gasteiger partial charge in [0, 0.05) is 5.69 Å². The number of amides is 2. The third kappa shape index (κ3) is 3.82. The van der Waals surface area contributed by atoms with E-state index in [1.807, 2.05) is 48.0 Å². The third-order valence-electron chi connectivity index (χ3n) is 3.05. The van der Waals surface area contributed by atoms with Crippen LogP contribution in [0.3, 0.4) is 0 Å². The van der Waals surface area contributed by atoms with Crippen LogP contribution in [0.4, 0.5) is 10.5 Å². The Bertz CT molecular complexity index is 562. The number of carbonyl (C=O) groups is 1. The van der Waals surface area contributed by atoms with Gasteiger partial charge < -0.3 is 15.7 Å². The molecule has 2 rings (SSSR count). The molecule has 0 aliphatic carbocycles. The molecule has 0 bridgehead atoms. The zero-order valence-electron chi connectivity index (χ0n) is 11.5. The van der Waals surface area contributed by atoms with E-state index in [0.29, 0.717) is 0 Å². The van der Waals surface area contributed by atoms with E-state index in [-0.39, 0.29) is 12.6 Å². The highest BCUT2D eigenvalue weighted by Crippen LogP contribution is 2.22. The van der Waals surface area contributed by atoms with Crippen LogP contribution in [0, 0.1) is 6.92 Å². The second-order valence-corrected chi connectivity index (χ2v) is 5.74. The maximum absolute atomic E-state index is 11.8. The average Bonchev–Trinajstić information content (AvgIpc) is 2.94. The molecule has 0 radical (unpaired) electrons. The smallest absolute Gasteiger partial charge is 0.319 e. The van der Waals surface area contributed by atoms with Gasteiger partial charge in [0.25, 0.3) is 0 Å². The summed E-state index contributed by atoms with van der Waals surface area (Å²) >= 11 is 1.52. The van der Waals surface area contributed by atoms with Crippen molar-refractivity contribution >= 4 is 23.1 Å². The molecule has 1 aromatic carbocycles. The zero-order chi connectivity index (χ0) is 14.6. The predicted molar refractivity (Wildman–Crippen MR) is 82.1 cm³/mol. The van der Waals surface area contributed by atoms with Crippen molar-refractivity contribution in [3.8, 4) is 0 Å². The number of carbonyl (C=O) groups excluding carboxylic acids is 1.